The van der Waals surface area contributed by atoms with Crippen molar-refractivity contribution in [3.8, 4) is 11.4 Å². The van der Waals surface area contributed by atoms with Gasteiger partial charge in [0.15, 0.2) is 5.60 Å². The second-order valence-electron chi connectivity index (χ2n) is 8.35. The van der Waals surface area contributed by atoms with Crippen LogP contribution in [0.2, 0.25) is 0 Å². The molecule has 0 aliphatic heterocycles. The molecule has 11 heteroatoms. The number of rotatable bonds is 7. The lowest BCUT2D eigenvalue weighted by atomic mass is 10.1. The van der Waals surface area contributed by atoms with Gasteiger partial charge in [0.2, 0.25) is 0 Å². The summed E-state index contributed by atoms with van der Waals surface area (Å²) in [7, 11) is 0. The topological polar surface area (TPSA) is 86.6 Å². The lowest BCUT2D eigenvalue weighted by molar-refractivity contribution is -0.160. The van der Waals surface area contributed by atoms with Crippen LogP contribution in [0, 0.1) is 24.4 Å². The predicted molar refractivity (Wildman–Crippen MR) is 130 cm³/mol. The van der Waals surface area contributed by atoms with E-state index in [2.05, 4.69) is 21.2 Å². The molecule has 36 heavy (non-hydrogen) atoms. The van der Waals surface area contributed by atoms with Crippen molar-refractivity contribution in [2.24, 2.45) is 0 Å². The Hall–Kier alpha value is -3.60. The van der Waals surface area contributed by atoms with Crippen LogP contribution in [0.15, 0.2) is 51.7 Å². The fourth-order valence-electron chi connectivity index (χ4n) is 3.33. The summed E-state index contributed by atoms with van der Waals surface area (Å²) in [5, 5.41) is 2.54. The van der Waals surface area contributed by atoms with Gasteiger partial charge < -0.3 is 14.8 Å². The highest BCUT2D eigenvalue weighted by Crippen LogP contribution is 2.27. The molecule has 1 N–H and O–H groups in total. The van der Waals surface area contributed by atoms with Crippen LogP contribution in [0.25, 0.3) is 5.69 Å². The molecule has 1 aromatic heterocycles. The molecule has 1 amide bonds. The van der Waals surface area contributed by atoms with Crippen LogP contribution < -0.4 is 15.6 Å². The van der Waals surface area contributed by atoms with E-state index in [-0.39, 0.29) is 39.5 Å². The van der Waals surface area contributed by atoms with E-state index < -0.39 is 40.5 Å². The van der Waals surface area contributed by atoms with E-state index in [1.165, 1.54) is 52.0 Å². The Morgan fingerprint density at radius 3 is 2.39 bits per heavy atom. The number of ether oxygens (including phenoxy) is 2. The summed E-state index contributed by atoms with van der Waals surface area (Å²) >= 11 is 3.15. The van der Waals surface area contributed by atoms with Crippen molar-refractivity contribution in [2.45, 2.75) is 39.9 Å². The number of nitrogens with zero attached hydrogens (tertiary/aromatic N) is 1. The summed E-state index contributed by atoms with van der Waals surface area (Å²) in [5.74, 6) is -3.50. The summed E-state index contributed by atoms with van der Waals surface area (Å²) in [6.45, 7) is 5.23. The van der Waals surface area contributed by atoms with Gasteiger partial charge in [0.1, 0.15) is 34.3 Å². The molecule has 0 saturated carbocycles. The molecule has 0 fully saturated rings. The number of pyridine rings is 1. The fourth-order valence-corrected chi connectivity index (χ4v) is 3.74. The molecule has 0 aliphatic carbocycles. The largest absolute Gasteiger partial charge is 0.487 e. The lowest BCUT2D eigenvalue weighted by Crippen LogP contribution is -2.41. The van der Waals surface area contributed by atoms with Crippen LogP contribution in [0.5, 0.6) is 5.75 Å². The van der Waals surface area contributed by atoms with Gasteiger partial charge in [0, 0.05) is 36.0 Å². The molecule has 3 rings (SSSR count). The number of hydrogen-bond acceptors (Lipinski definition) is 5. The van der Waals surface area contributed by atoms with Crippen molar-refractivity contribution >= 4 is 33.5 Å². The number of aryl methyl sites for hydroxylation is 1. The quantitative estimate of drug-likeness (QED) is 0.398. The number of esters is 1. The molecule has 0 spiro atoms. The summed E-state index contributed by atoms with van der Waals surface area (Å²) in [5.41, 5.74) is -1.80. The van der Waals surface area contributed by atoms with Crippen LogP contribution in [0.3, 0.4) is 0 Å². The summed E-state index contributed by atoms with van der Waals surface area (Å²) in [6, 6.07) is 8.11. The molecule has 190 valence electrons. The zero-order chi connectivity index (χ0) is 26.8. The number of amides is 1. The van der Waals surface area contributed by atoms with Crippen molar-refractivity contribution in [3.63, 3.8) is 0 Å². The Labute approximate surface area is 213 Å². The normalized spacial score (nSPS) is 11.2. The molecule has 2 aromatic carbocycles. The van der Waals surface area contributed by atoms with Gasteiger partial charge >= 0.3 is 5.97 Å². The Morgan fingerprint density at radius 1 is 1.06 bits per heavy atom. The lowest BCUT2D eigenvalue weighted by Gasteiger charge is -2.23. The van der Waals surface area contributed by atoms with Crippen LogP contribution in [0.4, 0.5) is 18.9 Å². The van der Waals surface area contributed by atoms with Gasteiger partial charge in [-0.15, -0.1) is 0 Å². The molecule has 1 heterocycles. The number of hydrogen-bond donors (Lipinski definition) is 1. The SMILES string of the molecule is CC(=O)OC(C)(C)C(=O)Nc1ccc(F)c(-n2c(C)cc(OCc3ccc(F)cc3F)c(Br)c2=O)c1. The van der Waals surface area contributed by atoms with Gasteiger partial charge in [-0.3, -0.25) is 19.0 Å². The molecule has 7 nitrogen and oxygen atoms in total. The second kappa shape index (κ2) is 10.6. The van der Waals surface area contributed by atoms with Gasteiger partial charge in [-0.05, 0) is 67.0 Å². The zero-order valence-electron chi connectivity index (χ0n) is 19.7. The van der Waals surface area contributed by atoms with Gasteiger partial charge in [0.25, 0.3) is 11.5 Å². The predicted octanol–water partition coefficient (Wildman–Crippen LogP) is 5.18. The highest BCUT2D eigenvalue weighted by molar-refractivity contribution is 9.10. The zero-order valence-corrected chi connectivity index (χ0v) is 21.3. The number of halogens is 4. The van der Waals surface area contributed by atoms with Crippen molar-refractivity contribution in [1.82, 2.24) is 4.57 Å². The first kappa shape index (κ1) is 27.0. The molecule has 0 atom stereocenters. The van der Waals surface area contributed by atoms with E-state index in [4.69, 9.17) is 9.47 Å². The van der Waals surface area contributed by atoms with Crippen LogP contribution in [-0.4, -0.2) is 22.0 Å². The molecule has 0 unspecified atom stereocenters. The maximum Gasteiger partial charge on any atom is 0.303 e. The van der Waals surface area contributed by atoms with Gasteiger partial charge in [0.05, 0.1) is 5.69 Å². The second-order valence-corrected chi connectivity index (χ2v) is 9.15. The van der Waals surface area contributed by atoms with E-state index in [0.717, 1.165) is 22.8 Å². The minimum Gasteiger partial charge on any atom is -0.487 e. The average molecular weight is 567 g/mol. The van der Waals surface area contributed by atoms with E-state index in [9.17, 15) is 27.6 Å². The molecular formula is C25H22BrF3N2O5. The van der Waals surface area contributed by atoms with Crippen molar-refractivity contribution in [2.75, 3.05) is 5.32 Å². The van der Waals surface area contributed by atoms with E-state index in [0.29, 0.717) is 0 Å². The first-order valence-corrected chi connectivity index (χ1v) is 11.4. The highest BCUT2D eigenvalue weighted by Gasteiger charge is 2.31. The fraction of sp³-hybridized carbons (Fsp3) is 0.240. The van der Waals surface area contributed by atoms with Crippen molar-refractivity contribution in [3.05, 3.63) is 86.0 Å². The third-order valence-electron chi connectivity index (χ3n) is 5.09. The summed E-state index contributed by atoms with van der Waals surface area (Å²) in [6.07, 6.45) is 0. The first-order valence-electron chi connectivity index (χ1n) is 10.6. The monoisotopic (exact) mass is 566 g/mol. The molecule has 0 saturated heterocycles. The number of aromatic nitrogens is 1. The maximum absolute atomic E-state index is 14.8. The molecule has 3 aromatic rings. The highest BCUT2D eigenvalue weighted by atomic mass is 79.9. The number of nitrogens with one attached hydrogen (secondary N) is 1. The minimum absolute atomic E-state index is 0.0551. The summed E-state index contributed by atoms with van der Waals surface area (Å²) in [4.78, 5) is 36.9. The first-order chi connectivity index (χ1) is 16.8. The molecular weight excluding hydrogens is 545 g/mol. The third kappa shape index (κ3) is 5.96. The smallest absolute Gasteiger partial charge is 0.303 e. The molecule has 0 bridgehead atoms. The van der Waals surface area contributed by atoms with Crippen LogP contribution in [0.1, 0.15) is 32.0 Å². The van der Waals surface area contributed by atoms with Crippen molar-refractivity contribution in [1.29, 1.82) is 0 Å². The molecule has 0 aliphatic rings. The summed E-state index contributed by atoms with van der Waals surface area (Å²) < 4.78 is 53.4. The Bertz CT molecular complexity index is 1410. The van der Waals surface area contributed by atoms with Crippen molar-refractivity contribution < 1.29 is 32.2 Å². The third-order valence-corrected chi connectivity index (χ3v) is 5.82. The number of carbonyl (C=O) groups is 2. The van der Waals surface area contributed by atoms with E-state index >= 15 is 0 Å². The minimum atomic E-state index is -1.49. The Kier molecular flexibility index (Phi) is 7.92. The Morgan fingerprint density at radius 2 is 1.75 bits per heavy atom. The standard InChI is InChI=1S/C25H22BrF3N2O5/c1-13-9-21(35-12-15-5-6-16(27)10-19(15)29)22(26)23(33)31(13)20-11-17(7-8-18(20)28)30-24(34)25(3,4)36-14(2)32/h5-11H,12H2,1-4H3,(H,30,34). The number of benzene rings is 2. The van der Waals surface area contributed by atoms with Gasteiger partial charge in [-0.1, -0.05) is 0 Å². The van der Waals surface area contributed by atoms with Crippen LogP contribution in [-0.2, 0) is 20.9 Å². The number of carbonyl (C=O) groups excluding carboxylic acids is 2. The van der Waals surface area contributed by atoms with Gasteiger partial charge in [-0.25, -0.2) is 13.2 Å². The molecule has 0 radical (unpaired) electrons. The maximum atomic E-state index is 14.8. The average Bonchev–Trinajstić information content (AvgIpc) is 2.77. The number of anilines is 1. The van der Waals surface area contributed by atoms with Gasteiger partial charge in [-0.2, -0.15) is 0 Å². The Balaban J connectivity index is 1.92. The van der Waals surface area contributed by atoms with E-state index in [1.54, 1.807) is 0 Å². The van der Waals surface area contributed by atoms with Crippen LogP contribution >= 0.6 is 15.9 Å². The van der Waals surface area contributed by atoms with E-state index in [1.807, 2.05) is 0 Å².